The van der Waals surface area contributed by atoms with Crippen LogP contribution in [0, 0.1) is 13.8 Å². The number of aromatic nitrogens is 2. The number of nitrogens with one attached hydrogen (secondary N) is 1. The zero-order chi connectivity index (χ0) is 17.7. The van der Waals surface area contributed by atoms with Gasteiger partial charge in [0.1, 0.15) is 0 Å². The summed E-state index contributed by atoms with van der Waals surface area (Å²) in [4.78, 5) is 18.0. The van der Waals surface area contributed by atoms with Crippen LogP contribution in [0.5, 0.6) is 0 Å². The molecule has 2 N–H and O–H groups in total. The molecule has 0 spiro atoms. The van der Waals surface area contributed by atoms with Crippen LogP contribution in [0.25, 0.3) is 11.0 Å². The van der Waals surface area contributed by atoms with Gasteiger partial charge in [0.15, 0.2) is 0 Å². The number of carbonyl (C=O) groups is 1. The third kappa shape index (κ3) is 4.55. The zero-order valence-electron chi connectivity index (χ0n) is 15.0. The van der Waals surface area contributed by atoms with Crippen molar-refractivity contribution >= 4 is 16.9 Å². The minimum atomic E-state index is -0.555. The highest BCUT2D eigenvalue weighted by atomic mass is 16.3. The van der Waals surface area contributed by atoms with E-state index in [1.165, 1.54) is 11.1 Å². The van der Waals surface area contributed by atoms with Crippen molar-refractivity contribution in [3.63, 3.8) is 0 Å². The van der Waals surface area contributed by atoms with Crippen LogP contribution in [-0.2, 0) is 11.3 Å². The van der Waals surface area contributed by atoms with Crippen LogP contribution in [0.15, 0.2) is 18.5 Å². The van der Waals surface area contributed by atoms with E-state index in [4.69, 9.17) is 0 Å². The van der Waals surface area contributed by atoms with Crippen LogP contribution in [-0.4, -0.2) is 58.3 Å². The van der Waals surface area contributed by atoms with Gasteiger partial charge < -0.3 is 15.0 Å². The van der Waals surface area contributed by atoms with Crippen LogP contribution in [0.4, 0.5) is 0 Å². The van der Waals surface area contributed by atoms with E-state index in [0.29, 0.717) is 19.6 Å². The Morgan fingerprint density at radius 3 is 2.75 bits per heavy atom. The molecule has 0 bridgehead atoms. The summed E-state index contributed by atoms with van der Waals surface area (Å²) in [5.74, 6) is -0.0326. The highest BCUT2D eigenvalue weighted by molar-refractivity contribution is 5.78. The zero-order valence-corrected chi connectivity index (χ0v) is 15.0. The van der Waals surface area contributed by atoms with Crippen molar-refractivity contribution in [2.24, 2.45) is 0 Å². The number of aliphatic hydroxyl groups is 1. The minimum Gasteiger partial charge on any atom is -0.390 e. The van der Waals surface area contributed by atoms with Crippen molar-refractivity contribution in [2.75, 3.05) is 26.7 Å². The molecule has 0 aliphatic heterocycles. The lowest BCUT2D eigenvalue weighted by molar-refractivity contribution is -0.122. The van der Waals surface area contributed by atoms with E-state index in [-0.39, 0.29) is 5.91 Å². The number of fused-ring (bicyclic) bond motifs is 1. The first-order valence-electron chi connectivity index (χ1n) is 8.47. The largest absolute Gasteiger partial charge is 0.390 e. The molecule has 1 atom stereocenters. The Morgan fingerprint density at radius 2 is 2.08 bits per heavy atom. The second-order valence-electron chi connectivity index (χ2n) is 6.38. The number of carbonyl (C=O) groups excluding carboxylic acids is 1. The van der Waals surface area contributed by atoms with Gasteiger partial charge in [-0.15, -0.1) is 0 Å². The first-order valence-corrected chi connectivity index (χ1v) is 8.47. The molecule has 1 aromatic heterocycles. The average Bonchev–Trinajstić information content (AvgIpc) is 2.89. The standard InChI is InChI=1S/C18H28N4O2/c1-5-6-21(11-18(24)19-4)9-15(23)10-22-12-20-16-7-13(2)14(3)8-17(16)22/h7-8,12,15,23H,5-6,9-11H2,1-4H3,(H,19,24). The molecular weight excluding hydrogens is 304 g/mol. The number of aryl methyl sites for hydroxylation is 2. The number of aliphatic hydroxyl groups excluding tert-OH is 1. The molecule has 2 rings (SSSR count). The molecular formula is C18H28N4O2. The van der Waals surface area contributed by atoms with Crippen molar-refractivity contribution in [1.82, 2.24) is 19.8 Å². The fraction of sp³-hybridized carbons (Fsp3) is 0.556. The lowest BCUT2D eigenvalue weighted by Crippen LogP contribution is -2.41. The van der Waals surface area contributed by atoms with E-state index in [0.717, 1.165) is 24.0 Å². The number of nitrogens with zero attached hydrogens (tertiary/aromatic N) is 3. The second kappa shape index (κ2) is 8.26. The van der Waals surface area contributed by atoms with E-state index in [2.05, 4.69) is 43.2 Å². The quantitative estimate of drug-likeness (QED) is 0.768. The molecule has 1 unspecified atom stereocenters. The van der Waals surface area contributed by atoms with Gasteiger partial charge in [0, 0.05) is 13.6 Å². The van der Waals surface area contributed by atoms with E-state index >= 15 is 0 Å². The maximum Gasteiger partial charge on any atom is 0.233 e. The summed E-state index contributed by atoms with van der Waals surface area (Å²) in [5.41, 5.74) is 4.41. The highest BCUT2D eigenvalue weighted by Gasteiger charge is 2.15. The summed E-state index contributed by atoms with van der Waals surface area (Å²) in [6.07, 6.45) is 2.16. The first-order chi connectivity index (χ1) is 11.4. The summed E-state index contributed by atoms with van der Waals surface area (Å²) in [6.45, 7) is 8.24. The maximum absolute atomic E-state index is 11.6. The SMILES string of the molecule is CCCN(CC(=O)NC)CC(O)Cn1cnc2cc(C)c(C)cc21. The van der Waals surface area contributed by atoms with Gasteiger partial charge in [-0.25, -0.2) is 4.98 Å². The van der Waals surface area contributed by atoms with Crippen molar-refractivity contribution in [2.45, 2.75) is 39.8 Å². The predicted octanol–water partition coefficient (Wildman–Crippen LogP) is 1.47. The molecule has 0 radical (unpaired) electrons. The van der Waals surface area contributed by atoms with E-state index in [1.54, 1.807) is 13.4 Å². The van der Waals surface area contributed by atoms with Gasteiger partial charge in [0.05, 0.1) is 36.6 Å². The van der Waals surface area contributed by atoms with Crippen LogP contribution in [0.1, 0.15) is 24.5 Å². The summed E-state index contributed by atoms with van der Waals surface area (Å²) < 4.78 is 1.98. The van der Waals surface area contributed by atoms with Crippen molar-refractivity contribution in [3.05, 3.63) is 29.6 Å². The molecule has 24 heavy (non-hydrogen) atoms. The normalized spacial score (nSPS) is 12.8. The molecule has 1 aromatic carbocycles. The maximum atomic E-state index is 11.6. The molecule has 132 valence electrons. The van der Waals surface area contributed by atoms with Gasteiger partial charge >= 0.3 is 0 Å². The molecule has 0 saturated carbocycles. The predicted molar refractivity (Wildman–Crippen MR) is 96.0 cm³/mol. The number of hydrogen-bond donors (Lipinski definition) is 2. The molecule has 0 aliphatic rings. The van der Waals surface area contributed by atoms with Crippen LogP contribution < -0.4 is 5.32 Å². The first kappa shape index (κ1) is 18.4. The molecule has 0 fully saturated rings. The molecule has 0 saturated heterocycles. The summed E-state index contributed by atoms with van der Waals surface area (Å²) in [7, 11) is 1.63. The molecule has 0 aliphatic carbocycles. The minimum absolute atomic E-state index is 0.0326. The highest BCUT2D eigenvalue weighted by Crippen LogP contribution is 2.18. The van der Waals surface area contributed by atoms with Crippen LogP contribution >= 0.6 is 0 Å². The third-order valence-electron chi connectivity index (χ3n) is 4.30. The number of benzene rings is 1. The summed E-state index contributed by atoms with van der Waals surface area (Å²) in [5, 5.41) is 13.1. The monoisotopic (exact) mass is 332 g/mol. The topological polar surface area (TPSA) is 70.4 Å². The van der Waals surface area contributed by atoms with E-state index in [9.17, 15) is 9.90 Å². The molecule has 1 heterocycles. The van der Waals surface area contributed by atoms with Crippen molar-refractivity contribution < 1.29 is 9.90 Å². The number of amides is 1. The summed E-state index contributed by atoms with van der Waals surface area (Å²) in [6, 6.07) is 4.18. The summed E-state index contributed by atoms with van der Waals surface area (Å²) >= 11 is 0. The van der Waals surface area contributed by atoms with Gasteiger partial charge in [0.25, 0.3) is 0 Å². The number of hydrogen-bond acceptors (Lipinski definition) is 4. The smallest absolute Gasteiger partial charge is 0.233 e. The Labute approximate surface area is 143 Å². The average molecular weight is 332 g/mol. The fourth-order valence-corrected chi connectivity index (χ4v) is 2.87. The van der Waals surface area contributed by atoms with Gasteiger partial charge in [-0.1, -0.05) is 6.92 Å². The van der Waals surface area contributed by atoms with E-state index < -0.39 is 6.10 Å². The number of imidazole rings is 1. The Hall–Kier alpha value is -1.92. The van der Waals surface area contributed by atoms with Gasteiger partial charge in [-0.2, -0.15) is 0 Å². The second-order valence-corrected chi connectivity index (χ2v) is 6.38. The van der Waals surface area contributed by atoms with Crippen LogP contribution in [0.2, 0.25) is 0 Å². The molecule has 6 nitrogen and oxygen atoms in total. The molecule has 6 heteroatoms. The Balaban J connectivity index is 2.06. The van der Waals surface area contributed by atoms with Crippen molar-refractivity contribution in [1.29, 1.82) is 0 Å². The van der Waals surface area contributed by atoms with Gasteiger partial charge in [0.2, 0.25) is 5.91 Å². The lowest BCUT2D eigenvalue weighted by atomic mass is 10.1. The third-order valence-corrected chi connectivity index (χ3v) is 4.30. The fourth-order valence-electron chi connectivity index (χ4n) is 2.87. The number of likely N-dealkylation sites (N-methyl/N-ethyl adjacent to an activating group) is 1. The Morgan fingerprint density at radius 1 is 1.38 bits per heavy atom. The van der Waals surface area contributed by atoms with Crippen LogP contribution in [0.3, 0.4) is 0 Å². The number of rotatable bonds is 8. The molecule has 1 amide bonds. The molecule has 2 aromatic rings. The van der Waals surface area contributed by atoms with Crippen molar-refractivity contribution in [3.8, 4) is 0 Å². The lowest BCUT2D eigenvalue weighted by Gasteiger charge is -2.24. The van der Waals surface area contributed by atoms with Gasteiger partial charge in [-0.3, -0.25) is 9.69 Å². The Bertz CT molecular complexity index is 696. The van der Waals surface area contributed by atoms with E-state index in [1.807, 2.05) is 9.47 Å². The van der Waals surface area contributed by atoms with Gasteiger partial charge in [-0.05, 0) is 50.1 Å². The Kier molecular flexibility index (Phi) is 6.34.